The van der Waals surface area contributed by atoms with Crippen LogP contribution in [0.15, 0.2) is 18.2 Å². The lowest BCUT2D eigenvalue weighted by molar-refractivity contribution is -0.134. The molecule has 5 heteroatoms. The molecular formula is C10H10O5. The summed E-state index contributed by atoms with van der Waals surface area (Å²) in [5.41, 5.74) is 0.369. The maximum absolute atomic E-state index is 10.7. The minimum atomic E-state index is -0.592. The third-order valence-corrected chi connectivity index (χ3v) is 1.71. The Labute approximate surface area is 85.9 Å². The highest BCUT2D eigenvalue weighted by Gasteiger charge is 2.06. The molecule has 0 aromatic heterocycles. The molecule has 0 fully saturated rings. The number of hydrogen-bond acceptors (Lipinski definition) is 5. The molecular weight excluding hydrogens is 200 g/mol. The number of aromatic hydroxyl groups is 3. The molecule has 0 atom stereocenters. The van der Waals surface area contributed by atoms with Crippen LogP contribution in [0.25, 0.3) is 6.08 Å². The fourth-order valence-corrected chi connectivity index (χ4v) is 0.954. The third-order valence-electron chi connectivity index (χ3n) is 1.71. The number of esters is 1. The number of benzene rings is 1. The minimum absolute atomic E-state index is 0.369. The van der Waals surface area contributed by atoms with E-state index in [1.54, 1.807) is 0 Å². The van der Waals surface area contributed by atoms with E-state index in [1.165, 1.54) is 25.3 Å². The summed E-state index contributed by atoms with van der Waals surface area (Å²) in [6.07, 6.45) is 2.47. The molecule has 5 nitrogen and oxygen atoms in total. The zero-order chi connectivity index (χ0) is 11.4. The van der Waals surface area contributed by atoms with Crippen molar-refractivity contribution < 1.29 is 24.9 Å². The van der Waals surface area contributed by atoms with Gasteiger partial charge in [-0.05, 0) is 23.8 Å². The number of carbonyl (C=O) groups is 1. The van der Waals surface area contributed by atoms with E-state index in [0.29, 0.717) is 5.56 Å². The summed E-state index contributed by atoms with van der Waals surface area (Å²) in [6.45, 7) is 0. The molecule has 0 bridgehead atoms. The molecule has 15 heavy (non-hydrogen) atoms. The Morgan fingerprint density at radius 3 is 2.27 bits per heavy atom. The predicted octanol–water partition coefficient (Wildman–Crippen LogP) is 0.990. The SMILES string of the molecule is COC(=O)/C=C/c1cc(O)c(O)c(O)c1. The molecule has 0 saturated carbocycles. The van der Waals surface area contributed by atoms with Crippen molar-refractivity contribution in [2.24, 2.45) is 0 Å². The first-order valence-corrected chi connectivity index (χ1v) is 4.05. The maximum atomic E-state index is 10.7. The Kier molecular flexibility index (Phi) is 3.17. The highest BCUT2D eigenvalue weighted by atomic mass is 16.5. The lowest BCUT2D eigenvalue weighted by Gasteiger charge is -2.01. The van der Waals surface area contributed by atoms with Gasteiger partial charge in [0.2, 0.25) is 0 Å². The highest BCUT2D eigenvalue weighted by Crippen LogP contribution is 2.35. The number of phenols is 3. The summed E-state index contributed by atoms with van der Waals surface area (Å²) >= 11 is 0. The monoisotopic (exact) mass is 210 g/mol. The second kappa shape index (κ2) is 4.36. The average Bonchev–Trinajstić information content (AvgIpc) is 2.22. The molecule has 0 unspecified atom stereocenters. The quantitative estimate of drug-likeness (QED) is 0.385. The van der Waals surface area contributed by atoms with E-state index in [-0.39, 0.29) is 0 Å². The van der Waals surface area contributed by atoms with Gasteiger partial charge in [0.15, 0.2) is 17.2 Å². The second-order valence-corrected chi connectivity index (χ2v) is 2.76. The van der Waals surface area contributed by atoms with Crippen LogP contribution in [0.5, 0.6) is 17.2 Å². The first-order chi connectivity index (χ1) is 7.04. The third kappa shape index (κ3) is 2.63. The molecule has 0 aliphatic rings. The number of carbonyl (C=O) groups excluding carboxylic acids is 1. The van der Waals surface area contributed by atoms with Crippen molar-refractivity contribution in [3.63, 3.8) is 0 Å². The minimum Gasteiger partial charge on any atom is -0.504 e. The highest BCUT2D eigenvalue weighted by molar-refractivity contribution is 5.87. The molecule has 0 heterocycles. The van der Waals surface area contributed by atoms with Crippen molar-refractivity contribution in [3.8, 4) is 17.2 Å². The summed E-state index contributed by atoms with van der Waals surface area (Å²) < 4.78 is 4.36. The van der Waals surface area contributed by atoms with Crippen LogP contribution in [0.3, 0.4) is 0 Å². The van der Waals surface area contributed by atoms with Crippen LogP contribution < -0.4 is 0 Å². The Bertz CT molecular complexity index is 385. The van der Waals surface area contributed by atoms with Gasteiger partial charge in [-0.25, -0.2) is 4.79 Å². The van der Waals surface area contributed by atoms with Crippen molar-refractivity contribution in [2.75, 3.05) is 7.11 Å². The topological polar surface area (TPSA) is 87.0 Å². The van der Waals surface area contributed by atoms with Crippen LogP contribution in [0.2, 0.25) is 0 Å². The van der Waals surface area contributed by atoms with Crippen LogP contribution >= 0.6 is 0 Å². The van der Waals surface area contributed by atoms with Crippen LogP contribution in [0.4, 0.5) is 0 Å². The maximum Gasteiger partial charge on any atom is 0.330 e. The van der Waals surface area contributed by atoms with Crippen molar-refractivity contribution in [3.05, 3.63) is 23.8 Å². The Morgan fingerprint density at radius 1 is 1.27 bits per heavy atom. The van der Waals surface area contributed by atoms with Gasteiger partial charge in [-0.15, -0.1) is 0 Å². The van der Waals surface area contributed by atoms with Crippen LogP contribution in [-0.4, -0.2) is 28.4 Å². The second-order valence-electron chi connectivity index (χ2n) is 2.76. The zero-order valence-corrected chi connectivity index (χ0v) is 7.97. The van der Waals surface area contributed by atoms with Gasteiger partial charge in [0.05, 0.1) is 7.11 Å². The molecule has 80 valence electrons. The van der Waals surface area contributed by atoms with Crippen LogP contribution in [0.1, 0.15) is 5.56 Å². The predicted molar refractivity (Wildman–Crippen MR) is 52.5 cm³/mol. The van der Waals surface area contributed by atoms with Gasteiger partial charge in [-0.2, -0.15) is 0 Å². The smallest absolute Gasteiger partial charge is 0.330 e. The Morgan fingerprint density at radius 2 is 1.80 bits per heavy atom. The number of phenolic OH excluding ortho intramolecular Hbond substituents is 3. The number of methoxy groups -OCH3 is 1. The first-order valence-electron chi connectivity index (χ1n) is 4.05. The van der Waals surface area contributed by atoms with E-state index in [4.69, 9.17) is 15.3 Å². The normalized spacial score (nSPS) is 10.5. The van der Waals surface area contributed by atoms with Crippen LogP contribution in [0, 0.1) is 0 Å². The molecule has 1 aromatic carbocycles. The number of rotatable bonds is 2. The molecule has 1 rings (SSSR count). The van der Waals surface area contributed by atoms with Crippen molar-refractivity contribution in [1.82, 2.24) is 0 Å². The van der Waals surface area contributed by atoms with Gasteiger partial charge in [-0.1, -0.05) is 0 Å². The van der Waals surface area contributed by atoms with Gasteiger partial charge in [0, 0.05) is 6.08 Å². The molecule has 3 N–H and O–H groups in total. The van der Waals surface area contributed by atoms with Gasteiger partial charge in [-0.3, -0.25) is 0 Å². The molecule has 0 aliphatic heterocycles. The van der Waals surface area contributed by atoms with Gasteiger partial charge in [0.25, 0.3) is 0 Å². The average molecular weight is 210 g/mol. The van der Waals surface area contributed by atoms with Gasteiger partial charge >= 0.3 is 5.97 Å². The lowest BCUT2D eigenvalue weighted by atomic mass is 10.1. The summed E-state index contributed by atoms with van der Waals surface area (Å²) in [6, 6.07) is 2.41. The lowest BCUT2D eigenvalue weighted by Crippen LogP contribution is -1.93. The summed E-state index contributed by atoms with van der Waals surface area (Å²) in [5, 5.41) is 27.3. The molecule has 0 aliphatic carbocycles. The Balaban J connectivity index is 2.97. The van der Waals surface area contributed by atoms with E-state index in [1.807, 2.05) is 0 Å². The Hall–Kier alpha value is -2.17. The molecule has 0 saturated heterocycles. The largest absolute Gasteiger partial charge is 0.504 e. The summed E-state index contributed by atoms with van der Waals surface area (Å²) in [4.78, 5) is 10.7. The van der Waals surface area contributed by atoms with Gasteiger partial charge < -0.3 is 20.1 Å². The summed E-state index contributed by atoms with van der Waals surface area (Å²) in [5.74, 6) is -2.06. The fourth-order valence-electron chi connectivity index (χ4n) is 0.954. The van der Waals surface area contributed by atoms with Gasteiger partial charge in [0.1, 0.15) is 0 Å². The van der Waals surface area contributed by atoms with E-state index in [2.05, 4.69) is 4.74 Å². The molecule has 0 radical (unpaired) electrons. The van der Waals surface area contributed by atoms with E-state index in [0.717, 1.165) is 6.08 Å². The van der Waals surface area contributed by atoms with E-state index in [9.17, 15) is 4.79 Å². The number of ether oxygens (including phenoxy) is 1. The standard InChI is InChI=1S/C10H10O5/c1-15-9(13)3-2-6-4-7(11)10(14)8(12)5-6/h2-5,11-12,14H,1H3/b3-2+. The zero-order valence-electron chi connectivity index (χ0n) is 7.97. The van der Waals surface area contributed by atoms with Crippen molar-refractivity contribution in [2.45, 2.75) is 0 Å². The number of hydrogen-bond donors (Lipinski definition) is 3. The van der Waals surface area contributed by atoms with E-state index >= 15 is 0 Å². The summed E-state index contributed by atoms with van der Waals surface area (Å²) in [7, 11) is 1.23. The van der Waals surface area contributed by atoms with Crippen molar-refractivity contribution >= 4 is 12.0 Å². The molecule has 0 spiro atoms. The molecule has 0 amide bonds. The van der Waals surface area contributed by atoms with Crippen molar-refractivity contribution in [1.29, 1.82) is 0 Å². The molecule has 1 aromatic rings. The first kappa shape index (κ1) is 10.9. The van der Waals surface area contributed by atoms with Crippen LogP contribution in [-0.2, 0) is 9.53 Å². The van der Waals surface area contributed by atoms with E-state index < -0.39 is 23.2 Å². The fraction of sp³-hybridized carbons (Fsp3) is 0.100.